The molecule has 1 unspecified atom stereocenters. The Morgan fingerprint density at radius 2 is 1.85 bits per heavy atom. The van der Waals surface area contributed by atoms with E-state index in [0.29, 0.717) is 18.0 Å². The standard InChI is InChI=1S/C21H25NO4/c1-12-13(2)21-19(14(3)20(12)25-15(4)23)10-9-18(26-21)11-24-17-7-5-16(22)6-8-17/h5-8,18H,9-11,22H2,1-4H3. The number of hydrogen-bond acceptors (Lipinski definition) is 5. The van der Waals surface area contributed by atoms with Crippen molar-refractivity contribution in [1.82, 2.24) is 0 Å². The lowest BCUT2D eigenvalue weighted by Gasteiger charge is -2.30. The molecule has 0 aromatic heterocycles. The second-order valence-electron chi connectivity index (χ2n) is 6.76. The Kier molecular flexibility index (Phi) is 5.07. The van der Waals surface area contributed by atoms with Gasteiger partial charge in [0.2, 0.25) is 0 Å². The van der Waals surface area contributed by atoms with Crippen LogP contribution in [0.2, 0.25) is 0 Å². The van der Waals surface area contributed by atoms with E-state index in [0.717, 1.165) is 46.6 Å². The summed E-state index contributed by atoms with van der Waals surface area (Å²) in [6, 6.07) is 7.35. The molecule has 0 aliphatic carbocycles. The monoisotopic (exact) mass is 355 g/mol. The van der Waals surface area contributed by atoms with Crippen LogP contribution in [0.15, 0.2) is 24.3 Å². The summed E-state index contributed by atoms with van der Waals surface area (Å²) in [5, 5.41) is 0. The number of ether oxygens (including phenoxy) is 3. The number of fused-ring (bicyclic) bond motifs is 1. The smallest absolute Gasteiger partial charge is 0.308 e. The average Bonchev–Trinajstić information content (AvgIpc) is 2.62. The zero-order valence-corrected chi connectivity index (χ0v) is 15.7. The Labute approximate surface area is 154 Å². The van der Waals surface area contributed by atoms with E-state index in [1.54, 1.807) is 0 Å². The number of carbonyl (C=O) groups excluding carboxylic acids is 1. The van der Waals surface area contributed by atoms with Crippen LogP contribution in [-0.4, -0.2) is 18.7 Å². The number of rotatable bonds is 4. The first kappa shape index (κ1) is 18.1. The number of esters is 1. The first-order valence-corrected chi connectivity index (χ1v) is 8.83. The summed E-state index contributed by atoms with van der Waals surface area (Å²) in [7, 11) is 0. The molecule has 3 rings (SSSR count). The molecule has 0 fully saturated rings. The number of hydrogen-bond donors (Lipinski definition) is 1. The van der Waals surface area contributed by atoms with E-state index in [1.165, 1.54) is 6.92 Å². The van der Waals surface area contributed by atoms with Gasteiger partial charge in [0.1, 0.15) is 30.0 Å². The molecular formula is C21H25NO4. The topological polar surface area (TPSA) is 70.8 Å². The third-order valence-electron chi connectivity index (χ3n) is 4.87. The highest BCUT2D eigenvalue weighted by atomic mass is 16.5. The van der Waals surface area contributed by atoms with Gasteiger partial charge in [0.25, 0.3) is 0 Å². The molecule has 1 aliphatic rings. The number of nitrogens with two attached hydrogens (primary N) is 1. The predicted molar refractivity (Wildman–Crippen MR) is 101 cm³/mol. The van der Waals surface area contributed by atoms with Gasteiger partial charge in [-0.1, -0.05) is 0 Å². The van der Waals surface area contributed by atoms with Gasteiger partial charge in [-0.05, 0) is 74.6 Å². The normalized spacial score (nSPS) is 15.8. The maximum absolute atomic E-state index is 11.4. The van der Waals surface area contributed by atoms with Gasteiger partial charge in [-0.2, -0.15) is 0 Å². The van der Waals surface area contributed by atoms with E-state index in [2.05, 4.69) is 0 Å². The third kappa shape index (κ3) is 3.62. The lowest BCUT2D eigenvalue weighted by molar-refractivity contribution is -0.132. The zero-order valence-electron chi connectivity index (χ0n) is 15.7. The van der Waals surface area contributed by atoms with Gasteiger partial charge in [0.05, 0.1) is 0 Å². The SMILES string of the molecule is CC(=O)Oc1c(C)c(C)c2c(c1C)CCC(COc1ccc(N)cc1)O2. The lowest BCUT2D eigenvalue weighted by Crippen LogP contribution is -2.30. The highest BCUT2D eigenvalue weighted by Crippen LogP contribution is 2.41. The Morgan fingerprint density at radius 3 is 2.50 bits per heavy atom. The molecule has 0 saturated carbocycles. The van der Waals surface area contributed by atoms with Crippen LogP contribution in [0.25, 0.3) is 0 Å². The quantitative estimate of drug-likeness (QED) is 0.512. The molecule has 0 radical (unpaired) electrons. The molecule has 26 heavy (non-hydrogen) atoms. The fraction of sp³-hybridized carbons (Fsp3) is 0.381. The number of nitrogen functional groups attached to an aromatic ring is 1. The molecule has 2 aromatic rings. The van der Waals surface area contributed by atoms with Crippen LogP contribution in [0.4, 0.5) is 5.69 Å². The molecule has 0 spiro atoms. The molecule has 5 heteroatoms. The first-order valence-electron chi connectivity index (χ1n) is 8.83. The maximum atomic E-state index is 11.4. The summed E-state index contributed by atoms with van der Waals surface area (Å²) in [6.07, 6.45) is 1.70. The Morgan fingerprint density at radius 1 is 1.15 bits per heavy atom. The molecule has 0 bridgehead atoms. The molecule has 1 aliphatic heterocycles. The molecule has 5 nitrogen and oxygen atoms in total. The predicted octanol–water partition coefficient (Wildman–Crippen LogP) is 3.89. The summed E-state index contributed by atoms with van der Waals surface area (Å²) >= 11 is 0. The van der Waals surface area contributed by atoms with E-state index in [1.807, 2.05) is 45.0 Å². The van der Waals surface area contributed by atoms with Crippen molar-refractivity contribution < 1.29 is 19.0 Å². The van der Waals surface area contributed by atoms with E-state index in [9.17, 15) is 4.79 Å². The molecule has 138 valence electrons. The third-order valence-corrected chi connectivity index (χ3v) is 4.87. The van der Waals surface area contributed by atoms with Crippen molar-refractivity contribution in [3.05, 3.63) is 46.5 Å². The minimum Gasteiger partial charge on any atom is -0.490 e. The fourth-order valence-electron chi connectivity index (χ4n) is 3.31. The highest BCUT2D eigenvalue weighted by molar-refractivity contribution is 5.72. The van der Waals surface area contributed by atoms with E-state index in [-0.39, 0.29) is 12.1 Å². The van der Waals surface area contributed by atoms with Gasteiger partial charge in [0, 0.05) is 18.2 Å². The number of carbonyl (C=O) groups is 1. The summed E-state index contributed by atoms with van der Waals surface area (Å²) in [6.45, 7) is 7.85. The van der Waals surface area contributed by atoms with Crippen molar-refractivity contribution in [2.75, 3.05) is 12.3 Å². The van der Waals surface area contributed by atoms with Crippen LogP contribution in [0.1, 0.15) is 35.6 Å². The molecule has 1 atom stereocenters. The molecule has 1 heterocycles. The molecule has 0 amide bonds. The fourth-order valence-corrected chi connectivity index (χ4v) is 3.31. The highest BCUT2D eigenvalue weighted by Gasteiger charge is 2.27. The summed E-state index contributed by atoms with van der Waals surface area (Å²) in [4.78, 5) is 11.4. The van der Waals surface area contributed by atoms with Crippen molar-refractivity contribution in [3.8, 4) is 17.2 Å². The first-order chi connectivity index (χ1) is 12.4. The van der Waals surface area contributed by atoms with Crippen LogP contribution in [-0.2, 0) is 11.2 Å². The Balaban J connectivity index is 1.77. The van der Waals surface area contributed by atoms with Crippen LogP contribution < -0.4 is 19.9 Å². The second kappa shape index (κ2) is 7.28. The minimum absolute atomic E-state index is 0.0165. The number of anilines is 1. The minimum atomic E-state index is -0.304. The van der Waals surface area contributed by atoms with Crippen molar-refractivity contribution >= 4 is 11.7 Å². The van der Waals surface area contributed by atoms with Gasteiger partial charge in [-0.3, -0.25) is 4.79 Å². The molecule has 2 N–H and O–H groups in total. The Bertz CT molecular complexity index is 827. The van der Waals surface area contributed by atoms with E-state index >= 15 is 0 Å². The Hall–Kier alpha value is -2.69. The van der Waals surface area contributed by atoms with Gasteiger partial charge in [-0.15, -0.1) is 0 Å². The average molecular weight is 355 g/mol. The largest absolute Gasteiger partial charge is 0.490 e. The molecular weight excluding hydrogens is 330 g/mol. The van der Waals surface area contributed by atoms with Crippen LogP contribution in [0.5, 0.6) is 17.2 Å². The van der Waals surface area contributed by atoms with Crippen LogP contribution in [0.3, 0.4) is 0 Å². The number of benzene rings is 2. The van der Waals surface area contributed by atoms with Gasteiger partial charge < -0.3 is 19.9 Å². The van der Waals surface area contributed by atoms with Crippen molar-refractivity contribution in [1.29, 1.82) is 0 Å². The van der Waals surface area contributed by atoms with E-state index < -0.39 is 0 Å². The van der Waals surface area contributed by atoms with Crippen molar-refractivity contribution in [3.63, 3.8) is 0 Å². The zero-order chi connectivity index (χ0) is 18.8. The lowest BCUT2D eigenvalue weighted by atomic mass is 9.91. The van der Waals surface area contributed by atoms with Crippen molar-refractivity contribution in [2.24, 2.45) is 0 Å². The second-order valence-corrected chi connectivity index (χ2v) is 6.76. The van der Waals surface area contributed by atoms with Crippen LogP contribution >= 0.6 is 0 Å². The summed E-state index contributed by atoms with van der Waals surface area (Å²) < 4.78 is 17.5. The molecule has 0 saturated heterocycles. The summed E-state index contributed by atoms with van der Waals surface area (Å²) in [5.41, 5.74) is 10.5. The maximum Gasteiger partial charge on any atom is 0.308 e. The summed E-state index contributed by atoms with van der Waals surface area (Å²) in [5.74, 6) is 2.03. The van der Waals surface area contributed by atoms with Gasteiger partial charge in [-0.25, -0.2) is 0 Å². The van der Waals surface area contributed by atoms with Crippen molar-refractivity contribution in [2.45, 2.75) is 46.6 Å². The molecule has 2 aromatic carbocycles. The van der Waals surface area contributed by atoms with Crippen LogP contribution in [0, 0.1) is 20.8 Å². The van der Waals surface area contributed by atoms with Gasteiger partial charge >= 0.3 is 5.97 Å². The van der Waals surface area contributed by atoms with E-state index in [4.69, 9.17) is 19.9 Å². The van der Waals surface area contributed by atoms with Gasteiger partial charge in [0.15, 0.2) is 0 Å².